The molecule has 0 saturated heterocycles. The Morgan fingerprint density at radius 3 is 2.34 bits per heavy atom. The van der Waals surface area contributed by atoms with Gasteiger partial charge in [0.1, 0.15) is 0 Å². The van der Waals surface area contributed by atoms with Gasteiger partial charge in [-0.3, -0.25) is 4.79 Å². The van der Waals surface area contributed by atoms with E-state index >= 15 is 0 Å². The van der Waals surface area contributed by atoms with Crippen molar-refractivity contribution >= 4 is 32.5 Å². The molecule has 1 aromatic heterocycles. The number of aromatic amines is 1. The minimum atomic E-state index is -3.63. The summed E-state index contributed by atoms with van der Waals surface area (Å²) in [7, 11) is 3.30. The second-order valence-electron chi connectivity index (χ2n) is 8.85. The highest BCUT2D eigenvalue weighted by atomic mass is 32.2. The van der Waals surface area contributed by atoms with Crippen molar-refractivity contribution in [3.05, 3.63) is 95.7 Å². The Balaban J connectivity index is 1.64. The number of nitrogens with one attached hydrogen (secondary N) is 2. The summed E-state index contributed by atoms with van der Waals surface area (Å²) in [6.07, 6.45) is 1.99. The molecule has 1 atom stereocenters. The second-order valence-corrected chi connectivity index (χ2v) is 11.0. The standard InChI is InChI=1S/C27H30N4O3S/c1-30(2)21-14-12-19(13-15-21)24(25-18-28-26-11-6-5-10-23(25)26)17-29-27(32)20-8-7-9-22(16-20)35(33,34)31(3)4/h5-16,18,24,28H,17H2,1-4H3,(H,29,32). The van der Waals surface area contributed by atoms with Crippen LogP contribution in [0.4, 0.5) is 5.69 Å². The molecule has 0 aliphatic rings. The van der Waals surface area contributed by atoms with Gasteiger partial charge in [0, 0.05) is 69.0 Å². The molecule has 2 N–H and O–H groups in total. The van der Waals surface area contributed by atoms with E-state index in [1.54, 1.807) is 12.1 Å². The minimum absolute atomic E-state index is 0.0857. The summed E-state index contributed by atoms with van der Waals surface area (Å²) in [5.74, 6) is -0.421. The molecule has 7 nitrogen and oxygen atoms in total. The van der Waals surface area contributed by atoms with Crippen LogP contribution in [0.2, 0.25) is 0 Å². The minimum Gasteiger partial charge on any atom is -0.378 e. The zero-order valence-electron chi connectivity index (χ0n) is 20.3. The number of rotatable bonds is 8. The predicted molar refractivity (Wildman–Crippen MR) is 141 cm³/mol. The Kier molecular flexibility index (Phi) is 6.95. The van der Waals surface area contributed by atoms with Gasteiger partial charge in [-0.1, -0.05) is 36.4 Å². The van der Waals surface area contributed by atoms with Crippen LogP contribution in [-0.4, -0.2) is 58.3 Å². The van der Waals surface area contributed by atoms with E-state index < -0.39 is 10.0 Å². The number of fused-ring (bicyclic) bond motifs is 1. The zero-order valence-corrected chi connectivity index (χ0v) is 21.1. The van der Waals surface area contributed by atoms with Gasteiger partial charge in [0.05, 0.1) is 4.90 Å². The average molecular weight is 491 g/mol. The lowest BCUT2D eigenvalue weighted by Gasteiger charge is -2.20. The Labute approximate surface area is 206 Å². The first kappa shape index (κ1) is 24.5. The fourth-order valence-electron chi connectivity index (χ4n) is 4.10. The molecule has 3 aromatic carbocycles. The van der Waals surface area contributed by atoms with Crippen molar-refractivity contribution < 1.29 is 13.2 Å². The monoisotopic (exact) mass is 490 g/mol. The molecule has 0 radical (unpaired) electrons. The lowest BCUT2D eigenvalue weighted by atomic mass is 9.90. The summed E-state index contributed by atoms with van der Waals surface area (Å²) in [6.45, 7) is 0.354. The number of sulfonamides is 1. The molecule has 0 bridgehead atoms. The number of benzene rings is 3. The number of carbonyl (C=O) groups is 1. The van der Waals surface area contributed by atoms with E-state index in [2.05, 4.69) is 40.6 Å². The summed E-state index contributed by atoms with van der Waals surface area (Å²) in [5.41, 5.74) is 4.58. The third-order valence-corrected chi connectivity index (χ3v) is 7.96. The highest BCUT2D eigenvalue weighted by molar-refractivity contribution is 7.89. The van der Waals surface area contributed by atoms with Crippen molar-refractivity contribution in [1.82, 2.24) is 14.6 Å². The molecule has 0 fully saturated rings. The predicted octanol–water partition coefficient (Wildman–Crippen LogP) is 4.05. The molecule has 182 valence electrons. The Hall–Kier alpha value is -3.62. The molecular weight excluding hydrogens is 460 g/mol. The smallest absolute Gasteiger partial charge is 0.251 e. The first-order valence-corrected chi connectivity index (χ1v) is 12.8. The first-order chi connectivity index (χ1) is 16.7. The number of nitrogens with zero attached hydrogens (tertiary/aromatic N) is 2. The molecule has 4 rings (SSSR count). The van der Waals surface area contributed by atoms with Gasteiger partial charge in [-0.05, 0) is 47.5 Å². The molecule has 8 heteroatoms. The van der Waals surface area contributed by atoms with Crippen molar-refractivity contribution in [3.63, 3.8) is 0 Å². The van der Waals surface area contributed by atoms with Gasteiger partial charge in [-0.25, -0.2) is 12.7 Å². The van der Waals surface area contributed by atoms with E-state index in [1.165, 1.54) is 26.2 Å². The topological polar surface area (TPSA) is 85.5 Å². The quantitative estimate of drug-likeness (QED) is 0.390. The van der Waals surface area contributed by atoms with E-state index in [1.807, 2.05) is 43.4 Å². The molecule has 1 amide bonds. The van der Waals surface area contributed by atoms with Gasteiger partial charge in [0.2, 0.25) is 10.0 Å². The fraction of sp³-hybridized carbons (Fsp3) is 0.222. The number of aromatic nitrogens is 1. The third-order valence-electron chi connectivity index (χ3n) is 6.15. The number of hydrogen-bond donors (Lipinski definition) is 2. The maximum atomic E-state index is 13.1. The molecule has 1 heterocycles. The molecule has 0 saturated carbocycles. The van der Waals surface area contributed by atoms with Crippen LogP contribution in [0.5, 0.6) is 0 Å². The number of para-hydroxylation sites is 1. The largest absolute Gasteiger partial charge is 0.378 e. The van der Waals surface area contributed by atoms with Gasteiger partial charge < -0.3 is 15.2 Å². The Bertz CT molecular complexity index is 1440. The van der Waals surface area contributed by atoms with E-state index in [9.17, 15) is 13.2 Å². The Morgan fingerprint density at radius 2 is 1.66 bits per heavy atom. The molecule has 1 unspecified atom stereocenters. The van der Waals surface area contributed by atoms with Crippen molar-refractivity contribution in [2.45, 2.75) is 10.8 Å². The van der Waals surface area contributed by atoms with Crippen molar-refractivity contribution in [3.8, 4) is 0 Å². The number of H-pyrrole nitrogens is 1. The number of amides is 1. The lowest BCUT2D eigenvalue weighted by molar-refractivity contribution is 0.0952. The van der Waals surface area contributed by atoms with Gasteiger partial charge >= 0.3 is 0 Å². The summed E-state index contributed by atoms with van der Waals surface area (Å²) in [4.78, 5) is 18.5. The molecular formula is C27H30N4O3S. The normalized spacial score (nSPS) is 12.6. The number of hydrogen-bond acceptors (Lipinski definition) is 4. The van der Waals surface area contributed by atoms with Gasteiger partial charge in [-0.15, -0.1) is 0 Å². The van der Waals surface area contributed by atoms with E-state index in [0.717, 1.165) is 32.0 Å². The van der Waals surface area contributed by atoms with Crippen LogP contribution in [0, 0.1) is 0 Å². The van der Waals surface area contributed by atoms with Crippen LogP contribution in [0.3, 0.4) is 0 Å². The molecule has 0 spiro atoms. The van der Waals surface area contributed by atoms with Crippen LogP contribution >= 0.6 is 0 Å². The van der Waals surface area contributed by atoms with Crippen LogP contribution in [0.15, 0.2) is 83.9 Å². The number of anilines is 1. The molecule has 35 heavy (non-hydrogen) atoms. The van der Waals surface area contributed by atoms with E-state index in [4.69, 9.17) is 0 Å². The fourth-order valence-corrected chi connectivity index (χ4v) is 5.05. The van der Waals surface area contributed by atoms with Crippen LogP contribution < -0.4 is 10.2 Å². The highest BCUT2D eigenvalue weighted by Gasteiger charge is 2.22. The van der Waals surface area contributed by atoms with E-state index in [0.29, 0.717) is 12.1 Å². The Morgan fingerprint density at radius 1 is 0.943 bits per heavy atom. The van der Waals surface area contributed by atoms with Gasteiger partial charge in [0.15, 0.2) is 0 Å². The molecule has 4 aromatic rings. The second kappa shape index (κ2) is 9.93. The summed E-state index contributed by atoms with van der Waals surface area (Å²) in [6, 6.07) is 22.5. The maximum absolute atomic E-state index is 13.1. The SMILES string of the molecule is CN(C)c1ccc(C(CNC(=O)c2cccc(S(=O)(=O)N(C)C)c2)c2c[nH]c3ccccc23)cc1. The van der Waals surface area contributed by atoms with Crippen LogP contribution in [-0.2, 0) is 10.0 Å². The van der Waals surface area contributed by atoms with Crippen molar-refractivity contribution in [1.29, 1.82) is 0 Å². The zero-order chi connectivity index (χ0) is 25.2. The third kappa shape index (κ3) is 5.08. The lowest BCUT2D eigenvalue weighted by Crippen LogP contribution is -2.29. The highest BCUT2D eigenvalue weighted by Crippen LogP contribution is 2.31. The van der Waals surface area contributed by atoms with Crippen molar-refractivity contribution in [2.24, 2.45) is 0 Å². The first-order valence-electron chi connectivity index (χ1n) is 11.3. The van der Waals surface area contributed by atoms with Crippen molar-refractivity contribution in [2.75, 3.05) is 39.6 Å². The summed E-state index contributed by atoms with van der Waals surface area (Å²) in [5, 5.41) is 4.12. The average Bonchev–Trinajstić information content (AvgIpc) is 3.28. The molecule has 0 aliphatic heterocycles. The van der Waals surface area contributed by atoms with Crippen LogP contribution in [0.25, 0.3) is 10.9 Å². The molecule has 0 aliphatic carbocycles. The number of carbonyl (C=O) groups excluding carboxylic acids is 1. The van der Waals surface area contributed by atoms with Gasteiger partial charge in [-0.2, -0.15) is 0 Å². The van der Waals surface area contributed by atoms with Gasteiger partial charge in [0.25, 0.3) is 5.91 Å². The maximum Gasteiger partial charge on any atom is 0.251 e. The van der Waals surface area contributed by atoms with Crippen LogP contribution in [0.1, 0.15) is 27.4 Å². The summed E-state index contributed by atoms with van der Waals surface area (Å²) >= 11 is 0. The summed E-state index contributed by atoms with van der Waals surface area (Å²) < 4.78 is 26.1. The van der Waals surface area contributed by atoms with E-state index in [-0.39, 0.29) is 16.7 Å².